The van der Waals surface area contributed by atoms with E-state index in [1.54, 1.807) is 29.0 Å². The smallest absolute Gasteiger partial charge is 0.252 e. The van der Waals surface area contributed by atoms with E-state index in [1.807, 2.05) is 12.1 Å². The van der Waals surface area contributed by atoms with E-state index in [4.69, 9.17) is 17.3 Å². The summed E-state index contributed by atoms with van der Waals surface area (Å²) in [7, 11) is 0. The third-order valence-electron chi connectivity index (χ3n) is 2.29. The first kappa shape index (κ1) is 10.8. The maximum absolute atomic E-state index is 11.6. The van der Waals surface area contributed by atoms with Gasteiger partial charge in [-0.1, -0.05) is 23.7 Å². The zero-order valence-corrected chi connectivity index (χ0v) is 9.32. The summed E-state index contributed by atoms with van der Waals surface area (Å²) in [6, 6.07) is 10.5. The first-order valence-electron chi connectivity index (χ1n) is 4.85. The molecule has 4 heteroatoms. The zero-order valence-electron chi connectivity index (χ0n) is 8.56. The van der Waals surface area contributed by atoms with Gasteiger partial charge in [-0.25, -0.2) is 0 Å². The number of pyridine rings is 1. The van der Waals surface area contributed by atoms with Crippen LogP contribution in [0.5, 0.6) is 0 Å². The summed E-state index contributed by atoms with van der Waals surface area (Å²) < 4.78 is 1.60. The summed E-state index contributed by atoms with van der Waals surface area (Å²) in [6.45, 7) is 0.524. The highest BCUT2D eigenvalue weighted by atomic mass is 35.5. The highest BCUT2D eigenvalue weighted by Crippen LogP contribution is 2.10. The molecule has 0 aliphatic heterocycles. The maximum atomic E-state index is 11.6. The lowest BCUT2D eigenvalue weighted by atomic mass is 10.2. The topological polar surface area (TPSA) is 48.0 Å². The Morgan fingerprint density at radius 3 is 2.50 bits per heavy atom. The molecule has 0 fully saturated rings. The number of halogens is 1. The van der Waals surface area contributed by atoms with Gasteiger partial charge in [0.1, 0.15) is 0 Å². The van der Waals surface area contributed by atoms with Crippen molar-refractivity contribution in [1.29, 1.82) is 0 Å². The number of aromatic nitrogens is 1. The van der Waals surface area contributed by atoms with E-state index in [0.29, 0.717) is 17.3 Å². The van der Waals surface area contributed by atoms with Crippen LogP contribution in [0, 0.1) is 0 Å². The Morgan fingerprint density at radius 2 is 1.88 bits per heavy atom. The van der Waals surface area contributed by atoms with Crippen molar-refractivity contribution < 1.29 is 0 Å². The normalized spacial score (nSPS) is 10.3. The Labute approximate surface area is 98.1 Å². The van der Waals surface area contributed by atoms with E-state index in [1.165, 1.54) is 6.07 Å². The standard InChI is InChI=1S/C12H11ClN2O/c13-10-3-1-9(2-4-10)8-15-6-5-11(14)7-12(15)16/h1-7H,8,14H2. The number of benzene rings is 1. The van der Waals surface area contributed by atoms with Crippen molar-refractivity contribution in [2.24, 2.45) is 0 Å². The van der Waals surface area contributed by atoms with Crippen LogP contribution in [0.2, 0.25) is 5.02 Å². The Balaban J connectivity index is 2.27. The van der Waals surface area contributed by atoms with Gasteiger partial charge in [-0.2, -0.15) is 0 Å². The van der Waals surface area contributed by atoms with Crippen LogP contribution in [-0.2, 0) is 6.54 Å². The molecule has 2 aromatic rings. The fraction of sp³-hybridized carbons (Fsp3) is 0.0833. The monoisotopic (exact) mass is 234 g/mol. The van der Waals surface area contributed by atoms with Crippen LogP contribution in [0.4, 0.5) is 5.69 Å². The van der Waals surface area contributed by atoms with Crippen LogP contribution in [0.1, 0.15) is 5.56 Å². The minimum absolute atomic E-state index is 0.102. The SMILES string of the molecule is Nc1ccn(Cc2ccc(Cl)cc2)c(=O)c1. The molecule has 0 amide bonds. The molecule has 1 aromatic heterocycles. The predicted molar refractivity (Wildman–Crippen MR) is 65.7 cm³/mol. The quantitative estimate of drug-likeness (QED) is 0.866. The molecule has 1 heterocycles. The van der Waals surface area contributed by atoms with Crippen LogP contribution in [0.15, 0.2) is 47.4 Å². The molecule has 0 saturated heterocycles. The van der Waals surface area contributed by atoms with Gasteiger partial charge in [0.25, 0.3) is 5.56 Å². The molecule has 3 nitrogen and oxygen atoms in total. The van der Waals surface area contributed by atoms with Crippen molar-refractivity contribution in [3.8, 4) is 0 Å². The Kier molecular flexibility index (Phi) is 2.97. The Morgan fingerprint density at radius 1 is 1.19 bits per heavy atom. The van der Waals surface area contributed by atoms with E-state index >= 15 is 0 Å². The van der Waals surface area contributed by atoms with Gasteiger partial charge < -0.3 is 10.3 Å². The van der Waals surface area contributed by atoms with Crippen LogP contribution < -0.4 is 11.3 Å². The Bertz CT molecular complexity index is 546. The number of nitrogen functional groups attached to an aromatic ring is 1. The molecule has 0 unspecified atom stereocenters. The van der Waals surface area contributed by atoms with Gasteiger partial charge in [0.2, 0.25) is 0 Å². The van der Waals surface area contributed by atoms with Crippen molar-refractivity contribution in [3.05, 3.63) is 63.5 Å². The fourth-order valence-electron chi connectivity index (χ4n) is 1.44. The second-order valence-electron chi connectivity index (χ2n) is 3.55. The molecule has 82 valence electrons. The largest absolute Gasteiger partial charge is 0.399 e. The lowest BCUT2D eigenvalue weighted by Crippen LogP contribution is -2.19. The number of rotatable bonds is 2. The summed E-state index contributed by atoms with van der Waals surface area (Å²) in [4.78, 5) is 11.6. The molecule has 2 rings (SSSR count). The van der Waals surface area contributed by atoms with Gasteiger partial charge in [-0.3, -0.25) is 4.79 Å². The minimum Gasteiger partial charge on any atom is -0.399 e. The number of hydrogen-bond acceptors (Lipinski definition) is 2. The Hall–Kier alpha value is -1.74. The van der Waals surface area contributed by atoms with Gasteiger partial charge in [0.15, 0.2) is 0 Å². The van der Waals surface area contributed by atoms with Crippen LogP contribution in [0.3, 0.4) is 0 Å². The molecule has 0 radical (unpaired) electrons. The van der Waals surface area contributed by atoms with Gasteiger partial charge in [0.05, 0.1) is 6.54 Å². The van der Waals surface area contributed by atoms with Crippen molar-refractivity contribution in [2.45, 2.75) is 6.54 Å². The third kappa shape index (κ3) is 2.44. The molecule has 0 aliphatic rings. The molecule has 0 bridgehead atoms. The van der Waals surface area contributed by atoms with Crippen LogP contribution >= 0.6 is 11.6 Å². The number of nitrogens with zero attached hydrogens (tertiary/aromatic N) is 1. The van der Waals surface area contributed by atoms with Crippen molar-refractivity contribution >= 4 is 17.3 Å². The summed E-state index contributed by atoms with van der Waals surface area (Å²) in [5.74, 6) is 0. The van der Waals surface area contributed by atoms with E-state index in [0.717, 1.165) is 5.56 Å². The van der Waals surface area contributed by atoms with E-state index in [-0.39, 0.29) is 5.56 Å². The second-order valence-corrected chi connectivity index (χ2v) is 3.99. The average Bonchev–Trinajstić information content (AvgIpc) is 2.25. The predicted octanol–water partition coefficient (Wildman–Crippen LogP) is 2.13. The number of hydrogen-bond donors (Lipinski definition) is 1. The first-order valence-corrected chi connectivity index (χ1v) is 5.23. The molecule has 16 heavy (non-hydrogen) atoms. The van der Waals surface area contributed by atoms with Crippen molar-refractivity contribution in [2.75, 3.05) is 5.73 Å². The van der Waals surface area contributed by atoms with Gasteiger partial charge in [0, 0.05) is 23.0 Å². The highest BCUT2D eigenvalue weighted by molar-refractivity contribution is 6.30. The fourth-order valence-corrected chi connectivity index (χ4v) is 1.57. The molecular weight excluding hydrogens is 224 g/mol. The summed E-state index contributed by atoms with van der Waals surface area (Å²) in [5.41, 5.74) is 6.92. The summed E-state index contributed by atoms with van der Waals surface area (Å²) in [6.07, 6.45) is 1.69. The third-order valence-corrected chi connectivity index (χ3v) is 2.54. The minimum atomic E-state index is -0.102. The van der Waals surface area contributed by atoms with Crippen LogP contribution in [-0.4, -0.2) is 4.57 Å². The molecule has 2 N–H and O–H groups in total. The van der Waals surface area contributed by atoms with E-state index in [9.17, 15) is 4.79 Å². The summed E-state index contributed by atoms with van der Waals surface area (Å²) >= 11 is 5.78. The second kappa shape index (κ2) is 4.41. The number of nitrogens with two attached hydrogens (primary N) is 1. The van der Waals surface area contributed by atoms with E-state index in [2.05, 4.69) is 0 Å². The molecule has 0 spiro atoms. The van der Waals surface area contributed by atoms with Gasteiger partial charge >= 0.3 is 0 Å². The lowest BCUT2D eigenvalue weighted by molar-refractivity contribution is 0.760. The highest BCUT2D eigenvalue weighted by Gasteiger charge is 1.98. The molecular formula is C12H11ClN2O. The van der Waals surface area contributed by atoms with Crippen molar-refractivity contribution in [1.82, 2.24) is 4.57 Å². The molecule has 0 atom stereocenters. The van der Waals surface area contributed by atoms with Gasteiger partial charge in [-0.05, 0) is 23.8 Å². The molecule has 1 aromatic carbocycles. The van der Waals surface area contributed by atoms with Gasteiger partial charge in [-0.15, -0.1) is 0 Å². The summed E-state index contributed by atoms with van der Waals surface area (Å²) in [5, 5.41) is 0.688. The maximum Gasteiger partial charge on any atom is 0.252 e. The van der Waals surface area contributed by atoms with E-state index < -0.39 is 0 Å². The van der Waals surface area contributed by atoms with Crippen molar-refractivity contribution in [3.63, 3.8) is 0 Å². The lowest BCUT2D eigenvalue weighted by Gasteiger charge is -2.05. The zero-order chi connectivity index (χ0) is 11.5. The first-order chi connectivity index (χ1) is 7.65. The molecule has 0 aliphatic carbocycles. The number of anilines is 1. The van der Waals surface area contributed by atoms with Crippen LogP contribution in [0.25, 0.3) is 0 Å². The average molecular weight is 235 g/mol. The molecule has 0 saturated carbocycles.